The van der Waals surface area contributed by atoms with E-state index in [4.69, 9.17) is 7.85 Å². The number of benzene rings is 1. The van der Waals surface area contributed by atoms with Gasteiger partial charge in [0.2, 0.25) is 0 Å². The molecular formula is C7H6BBr. The Morgan fingerprint density at radius 1 is 1.44 bits per heavy atom. The van der Waals surface area contributed by atoms with E-state index in [1.165, 1.54) is 5.56 Å². The van der Waals surface area contributed by atoms with Crippen LogP contribution in [0.25, 0.3) is 0 Å². The van der Waals surface area contributed by atoms with Gasteiger partial charge in [-0.15, -0.1) is 0 Å². The molecule has 1 aromatic carbocycles. The zero-order valence-electron chi connectivity index (χ0n) is 4.97. The van der Waals surface area contributed by atoms with Crippen molar-refractivity contribution in [2.24, 2.45) is 0 Å². The van der Waals surface area contributed by atoms with Gasteiger partial charge in [-0.25, -0.2) is 0 Å². The van der Waals surface area contributed by atoms with Crippen LogP contribution in [0.4, 0.5) is 0 Å². The molecule has 0 fully saturated rings. The minimum Gasteiger partial charge on any atom is -0.0964 e. The minimum absolute atomic E-state index is 0.826. The lowest BCUT2D eigenvalue weighted by molar-refractivity contribution is 1.46. The summed E-state index contributed by atoms with van der Waals surface area (Å²) < 4.78 is 0. The Morgan fingerprint density at radius 2 is 2.22 bits per heavy atom. The molecule has 0 aliphatic heterocycles. The van der Waals surface area contributed by atoms with Gasteiger partial charge in [-0.05, 0) is 5.56 Å². The Hall–Kier alpha value is -0.235. The number of rotatable bonds is 1. The van der Waals surface area contributed by atoms with Crippen LogP contribution in [0.5, 0.6) is 0 Å². The van der Waals surface area contributed by atoms with Crippen LogP contribution in [0.2, 0.25) is 0 Å². The van der Waals surface area contributed by atoms with E-state index >= 15 is 0 Å². The smallest absolute Gasteiger partial charge is 0.0964 e. The van der Waals surface area contributed by atoms with Crippen molar-refractivity contribution >= 4 is 29.2 Å². The van der Waals surface area contributed by atoms with E-state index in [1.807, 2.05) is 24.3 Å². The molecular weight excluding hydrogens is 175 g/mol. The van der Waals surface area contributed by atoms with Crippen LogP contribution in [0.15, 0.2) is 24.3 Å². The molecule has 0 aliphatic rings. The number of hydrogen-bond acceptors (Lipinski definition) is 0. The fourth-order valence-corrected chi connectivity index (χ4v) is 1.03. The Kier molecular flexibility index (Phi) is 2.34. The maximum absolute atomic E-state index is 5.51. The summed E-state index contributed by atoms with van der Waals surface area (Å²) in [6, 6.07) is 7.82. The second-order valence-corrected chi connectivity index (χ2v) is 2.44. The first-order valence-electron chi connectivity index (χ1n) is 2.73. The fraction of sp³-hybridized carbons (Fsp3) is 0.143. The summed E-state index contributed by atoms with van der Waals surface area (Å²) in [4.78, 5) is 0. The quantitative estimate of drug-likeness (QED) is 0.453. The van der Waals surface area contributed by atoms with Gasteiger partial charge in [0.25, 0.3) is 0 Å². The summed E-state index contributed by atoms with van der Waals surface area (Å²) in [6.45, 7) is 0. The highest BCUT2D eigenvalue weighted by Gasteiger charge is 1.86. The van der Waals surface area contributed by atoms with E-state index in [0.717, 1.165) is 10.8 Å². The molecule has 0 atom stereocenters. The predicted molar refractivity (Wildman–Crippen MR) is 44.5 cm³/mol. The van der Waals surface area contributed by atoms with Gasteiger partial charge in [0.1, 0.15) is 7.85 Å². The third-order valence-corrected chi connectivity index (χ3v) is 1.75. The molecule has 0 saturated carbocycles. The molecule has 1 aromatic rings. The number of hydrogen-bond donors (Lipinski definition) is 0. The fourth-order valence-electron chi connectivity index (χ4n) is 0.676. The first-order chi connectivity index (χ1) is 4.33. The Morgan fingerprint density at radius 3 is 2.67 bits per heavy atom. The molecule has 0 heterocycles. The van der Waals surface area contributed by atoms with Crippen molar-refractivity contribution in [1.29, 1.82) is 0 Å². The normalized spacial score (nSPS) is 9.44. The van der Waals surface area contributed by atoms with Crippen LogP contribution in [0.1, 0.15) is 5.56 Å². The van der Waals surface area contributed by atoms with Crippen molar-refractivity contribution in [3.05, 3.63) is 29.8 Å². The maximum atomic E-state index is 5.51. The van der Waals surface area contributed by atoms with Gasteiger partial charge in [-0.2, -0.15) is 0 Å². The van der Waals surface area contributed by atoms with Crippen LogP contribution in [0, 0.1) is 0 Å². The zero-order chi connectivity index (χ0) is 6.69. The molecule has 0 N–H and O–H groups in total. The van der Waals surface area contributed by atoms with Crippen LogP contribution in [0.3, 0.4) is 0 Å². The molecule has 9 heavy (non-hydrogen) atoms. The molecule has 0 unspecified atom stereocenters. The Balaban J connectivity index is 2.94. The lowest BCUT2D eigenvalue weighted by Gasteiger charge is -1.94. The highest BCUT2D eigenvalue weighted by Crippen LogP contribution is 2.00. The second-order valence-electron chi connectivity index (χ2n) is 1.88. The predicted octanol–water partition coefficient (Wildman–Crippen LogP) is 1.38. The molecule has 0 spiro atoms. The van der Waals surface area contributed by atoms with Gasteiger partial charge in [0, 0.05) is 5.33 Å². The molecule has 0 saturated heterocycles. The summed E-state index contributed by atoms with van der Waals surface area (Å²) in [5.74, 6) is 0. The van der Waals surface area contributed by atoms with Gasteiger partial charge >= 0.3 is 0 Å². The van der Waals surface area contributed by atoms with Crippen LogP contribution < -0.4 is 5.46 Å². The van der Waals surface area contributed by atoms with E-state index in [-0.39, 0.29) is 0 Å². The summed E-state index contributed by atoms with van der Waals surface area (Å²) in [5.41, 5.74) is 2.04. The van der Waals surface area contributed by atoms with Crippen molar-refractivity contribution in [3.63, 3.8) is 0 Å². The first kappa shape index (κ1) is 6.88. The molecule has 0 bridgehead atoms. The van der Waals surface area contributed by atoms with Gasteiger partial charge in [0.15, 0.2) is 0 Å². The van der Waals surface area contributed by atoms with Crippen molar-refractivity contribution in [2.45, 2.75) is 5.33 Å². The van der Waals surface area contributed by atoms with E-state index in [2.05, 4.69) is 15.9 Å². The van der Waals surface area contributed by atoms with Crippen LogP contribution >= 0.6 is 15.9 Å². The van der Waals surface area contributed by atoms with E-state index < -0.39 is 0 Å². The maximum Gasteiger partial charge on any atom is 0.113 e. The average Bonchev–Trinajstić information content (AvgIpc) is 1.88. The third-order valence-electron chi connectivity index (χ3n) is 1.11. The summed E-state index contributed by atoms with van der Waals surface area (Å²) in [7, 11) is 5.51. The summed E-state index contributed by atoms with van der Waals surface area (Å²) in [6.07, 6.45) is 0. The van der Waals surface area contributed by atoms with Gasteiger partial charge < -0.3 is 0 Å². The topological polar surface area (TPSA) is 0 Å². The molecule has 2 radical (unpaired) electrons. The average molecular weight is 181 g/mol. The van der Waals surface area contributed by atoms with E-state index in [1.54, 1.807) is 0 Å². The van der Waals surface area contributed by atoms with Crippen molar-refractivity contribution in [1.82, 2.24) is 0 Å². The summed E-state index contributed by atoms with van der Waals surface area (Å²) >= 11 is 3.34. The SMILES string of the molecule is [B]c1cccc(CBr)c1. The molecule has 0 amide bonds. The largest absolute Gasteiger partial charge is 0.113 e. The number of halogens is 1. The van der Waals surface area contributed by atoms with Crippen molar-refractivity contribution in [2.75, 3.05) is 0 Å². The van der Waals surface area contributed by atoms with Crippen molar-refractivity contribution < 1.29 is 0 Å². The molecule has 0 nitrogen and oxygen atoms in total. The molecule has 1 rings (SSSR count). The highest BCUT2D eigenvalue weighted by atomic mass is 79.9. The van der Waals surface area contributed by atoms with Gasteiger partial charge in [0.05, 0.1) is 0 Å². The second kappa shape index (κ2) is 3.07. The Bertz CT molecular complexity index is 198. The molecule has 2 heteroatoms. The molecule has 0 aromatic heterocycles. The zero-order valence-corrected chi connectivity index (χ0v) is 6.56. The lowest BCUT2D eigenvalue weighted by atomic mass is 9.95. The summed E-state index contributed by atoms with van der Waals surface area (Å²) in [5, 5.41) is 0.873. The van der Waals surface area contributed by atoms with E-state index in [9.17, 15) is 0 Å². The van der Waals surface area contributed by atoms with E-state index in [0.29, 0.717) is 0 Å². The highest BCUT2D eigenvalue weighted by molar-refractivity contribution is 9.08. The minimum atomic E-state index is 0.826. The lowest BCUT2D eigenvalue weighted by Crippen LogP contribution is -2.00. The third kappa shape index (κ3) is 1.86. The van der Waals surface area contributed by atoms with Crippen LogP contribution in [-0.2, 0) is 5.33 Å². The molecule has 44 valence electrons. The standard InChI is InChI=1S/C7H6BBr/c8-7-3-1-2-6(4-7)5-9/h1-4H,5H2. The molecule has 0 aliphatic carbocycles. The van der Waals surface area contributed by atoms with Crippen LogP contribution in [-0.4, -0.2) is 7.85 Å². The number of alkyl halides is 1. The van der Waals surface area contributed by atoms with Gasteiger partial charge in [-0.3, -0.25) is 0 Å². The van der Waals surface area contributed by atoms with Gasteiger partial charge in [-0.1, -0.05) is 45.7 Å². The monoisotopic (exact) mass is 180 g/mol. The van der Waals surface area contributed by atoms with Crippen molar-refractivity contribution in [3.8, 4) is 0 Å². The Labute approximate surface area is 64.8 Å². The first-order valence-corrected chi connectivity index (χ1v) is 3.85.